The molecule has 1 unspecified atom stereocenters. The SMILES string of the molecule is CC(O)CCNC(=O)c1cc(N)cc(Br)c1. The molecule has 1 atom stereocenters. The second-order valence-corrected chi connectivity index (χ2v) is 4.58. The number of carbonyl (C=O) groups is 1. The summed E-state index contributed by atoms with van der Waals surface area (Å²) in [5.41, 5.74) is 6.67. The highest BCUT2D eigenvalue weighted by atomic mass is 79.9. The predicted octanol–water partition coefficient (Wildman–Crippen LogP) is 1.53. The van der Waals surface area contributed by atoms with Crippen molar-refractivity contribution < 1.29 is 9.90 Å². The van der Waals surface area contributed by atoms with Crippen molar-refractivity contribution >= 4 is 27.5 Å². The number of aliphatic hydroxyl groups is 1. The van der Waals surface area contributed by atoms with Crippen LogP contribution in [-0.2, 0) is 0 Å². The van der Waals surface area contributed by atoms with Crippen LogP contribution in [0.4, 0.5) is 5.69 Å². The number of amides is 1. The number of anilines is 1. The van der Waals surface area contributed by atoms with Gasteiger partial charge in [-0.2, -0.15) is 0 Å². The van der Waals surface area contributed by atoms with Gasteiger partial charge in [0.1, 0.15) is 0 Å². The maximum absolute atomic E-state index is 11.7. The van der Waals surface area contributed by atoms with Gasteiger partial charge in [-0.25, -0.2) is 0 Å². The van der Waals surface area contributed by atoms with E-state index >= 15 is 0 Å². The first kappa shape index (κ1) is 13.0. The number of benzene rings is 1. The molecule has 1 aromatic rings. The van der Waals surface area contributed by atoms with Crippen molar-refractivity contribution in [2.24, 2.45) is 0 Å². The second kappa shape index (κ2) is 5.86. The average molecular weight is 287 g/mol. The Morgan fingerprint density at radius 3 is 2.81 bits per heavy atom. The van der Waals surface area contributed by atoms with Crippen LogP contribution in [0.5, 0.6) is 0 Å². The third-order valence-electron chi connectivity index (χ3n) is 2.03. The number of nitrogen functional groups attached to an aromatic ring is 1. The molecular weight excluding hydrogens is 272 g/mol. The number of nitrogens with one attached hydrogen (secondary N) is 1. The van der Waals surface area contributed by atoms with Crippen LogP contribution in [0.2, 0.25) is 0 Å². The van der Waals surface area contributed by atoms with E-state index in [0.29, 0.717) is 24.2 Å². The van der Waals surface area contributed by atoms with Gasteiger partial charge in [-0.3, -0.25) is 4.79 Å². The molecular formula is C11H15BrN2O2. The Labute approximate surface area is 103 Å². The number of nitrogens with two attached hydrogens (primary N) is 1. The zero-order valence-electron chi connectivity index (χ0n) is 9.03. The van der Waals surface area contributed by atoms with Crippen molar-refractivity contribution in [3.63, 3.8) is 0 Å². The second-order valence-electron chi connectivity index (χ2n) is 3.67. The highest BCUT2D eigenvalue weighted by Crippen LogP contribution is 2.17. The molecule has 88 valence electrons. The monoisotopic (exact) mass is 286 g/mol. The summed E-state index contributed by atoms with van der Waals surface area (Å²) >= 11 is 3.27. The summed E-state index contributed by atoms with van der Waals surface area (Å²) in [6, 6.07) is 5.04. The quantitative estimate of drug-likeness (QED) is 0.735. The van der Waals surface area contributed by atoms with E-state index in [1.54, 1.807) is 25.1 Å². The maximum atomic E-state index is 11.7. The van der Waals surface area contributed by atoms with Gasteiger partial charge in [0.15, 0.2) is 0 Å². The molecule has 0 aromatic heterocycles. The Balaban J connectivity index is 2.59. The Kier molecular flexibility index (Phi) is 4.76. The molecule has 0 aliphatic carbocycles. The summed E-state index contributed by atoms with van der Waals surface area (Å²) in [5, 5.41) is 11.8. The van der Waals surface area contributed by atoms with Crippen LogP contribution in [-0.4, -0.2) is 23.7 Å². The van der Waals surface area contributed by atoms with Gasteiger partial charge in [0.25, 0.3) is 5.91 Å². The molecule has 1 aromatic carbocycles. The molecule has 1 amide bonds. The van der Waals surface area contributed by atoms with Gasteiger partial charge in [0, 0.05) is 22.3 Å². The molecule has 4 N–H and O–H groups in total. The summed E-state index contributed by atoms with van der Waals surface area (Å²) in [6.45, 7) is 2.13. The van der Waals surface area contributed by atoms with Crippen LogP contribution in [0, 0.1) is 0 Å². The number of aliphatic hydroxyl groups excluding tert-OH is 1. The average Bonchev–Trinajstić information content (AvgIpc) is 2.15. The van der Waals surface area contributed by atoms with E-state index < -0.39 is 6.10 Å². The first-order chi connectivity index (χ1) is 7.49. The number of hydrogen-bond donors (Lipinski definition) is 3. The van der Waals surface area contributed by atoms with Crippen molar-refractivity contribution in [1.82, 2.24) is 5.32 Å². The zero-order chi connectivity index (χ0) is 12.1. The fourth-order valence-electron chi connectivity index (χ4n) is 1.24. The molecule has 0 saturated carbocycles. The molecule has 0 radical (unpaired) electrons. The third kappa shape index (κ3) is 4.20. The minimum Gasteiger partial charge on any atom is -0.399 e. The molecule has 0 spiro atoms. The summed E-state index contributed by atoms with van der Waals surface area (Å²) in [5.74, 6) is -0.186. The number of carbonyl (C=O) groups excluding carboxylic acids is 1. The lowest BCUT2D eigenvalue weighted by atomic mass is 10.2. The third-order valence-corrected chi connectivity index (χ3v) is 2.49. The fraction of sp³-hybridized carbons (Fsp3) is 0.364. The minimum absolute atomic E-state index is 0.186. The number of halogens is 1. The Hall–Kier alpha value is -1.07. The van der Waals surface area contributed by atoms with Crippen molar-refractivity contribution in [2.45, 2.75) is 19.4 Å². The number of hydrogen-bond acceptors (Lipinski definition) is 3. The van der Waals surface area contributed by atoms with Gasteiger partial charge in [-0.1, -0.05) is 15.9 Å². The van der Waals surface area contributed by atoms with Crippen LogP contribution in [0.1, 0.15) is 23.7 Å². The fourth-order valence-corrected chi connectivity index (χ4v) is 1.75. The largest absolute Gasteiger partial charge is 0.399 e. The van der Waals surface area contributed by atoms with Gasteiger partial charge in [-0.15, -0.1) is 0 Å². The van der Waals surface area contributed by atoms with Gasteiger partial charge < -0.3 is 16.2 Å². The zero-order valence-corrected chi connectivity index (χ0v) is 10.6. The normalized spacial score (nSPS) is 12.2. The summed E-state index contributed by atoms with van der Waals surface area (Å²) in [6.07, 6.45) is 0.128. The predicted molar refractivity (Wildman–Crippen MR) is 67.2 cm³/mol. The summed E-state index contributed by atoms with van der Waals surface area (Å²) < 4.78 is 0.771. The highest BCUT2D eigenvalue weighted by molar-refractivity contribution is 9.10. The van der Waals surface area contributed by atoms with Crippen LogP contribution < -0.4 is 11.1 Å². The molecule has 4 nitrogen and oxygen atoms in total. The molecule has 16 heavy (non-hydrogen) atoms. The van der Waals surface area contributed by atoms with Gasteiger partial charge in [-0.05, 0) is 31.5 Å². The summed E-state index contributed by atoms with van der Waals surface area (Å²) in [4.78, 5) is 11.7. The van der Waals surface area contributed by atoms with Crippen molar-refractivity contribution in [1.29, 1.82) is 0 Å². The topological polar surface area (TPSA) is 75.3 Å². The molecule has 0 saturated heterocycles. The first-order valence-corrected chi connectivity index (χ1v) is 5.80. The standard InChI is InChI=1S/C11H15BrN2O2/c1-7(15)2-3-14-11(16)8-4-9(12)6-10(13)5-8/h4-7,15H,2-3,13H2,1H3,(H,14,16). The summed E-state index contributed by atoms with van der Waals surface area (Å²) in [7, 11) is 0. The van der Waals surface area contributed by atoms with E-state index in [1.807, 2.05) is 0 Å². The lowest BCUT2D eigenvalue weighted by Gasteiger charge is -2.07. The molecule has 0 fully saturated rings. The molecule has 5 heteroatoms. The van der Waals surface area contributed by atoms with Crippen LogP contribution in [0.15, 0.2) is 22.7 Å². The van der Waals surface area contributed by atoms with Gasteiger partial charge in [0.2, 0.25) is 0 Å². The van der Waals surface area contributed by atoms with Crippen molar-refractivity contribution in [3.05, 3.63) is 28.2 Å². The maximum Gasteiger partial charge on any atom is 0.251 e. The van der Waals surface area contributed by atoms with E-state index in [1.165, 1.54) is 0 Å². The van der Waals surface area contributed by atoms with E-state index in [4.69, 9.17) is 10.8 Å². The Morgan fingerprint density at radius 2 is 2.25 bits per heavy atom. The Morgan fingerprint density at radius 1 is 1.56 bits per heavy atom. The lowest BCUT2D eigenvalue weighted by molar-refractivity contribution is 0.0945. The molecule has 0 heterocycles. The van der Waals surface area contributed by atoms with E-state index in [0.717, 1.165) is 4.47 Å². The van der Waals surface area contributed by atoms with E-state index in [-0.39, 0.29) is 5.91 Å². The molecule has 0 aliphatic rings. The van der Waals surface area contributed by atoms with Crippen molar-refractivity contribution in [2.75, 3.05) is 12.3 Å². The lowest BCUT2D eigenvalue weighted by Crippen LogP contribution is -2.26. The molecule has 0 bridgehead atoms. The highest BCUT2D eigenvalue weighted by Gasteiger charge is 2.07. The van der Waals surface area contributed by atoms with E-state index in [2.05, 4.69) is 21.2 Å². The van der Waals surface area contributed by atoms with Gasteiger partial charge in [0.05, 0.1) is 6.10 Å². The smallest absolute Gasteiger partial charge is 0.251 e. The minimum atomic E-state index is -0.409. The van der Waals surface area contributed by atoms with Gasteiger partial charge >= 0.3 is 0 Å². The molecule has 1 rings (SSSR count). The first-order valence-electron chi connectivity index (χ1n) is 5.01. The number of rotatable bonds is 4. The van der Waals surface area contributed by atoms with Crippen LogP contribution >= 0.6 is 15.9 Å². The van der Waals surface area contributed by atoms with Crippen LogP contribution in [0.25, 0.3) is 0 Å². The van der Waals surface area contributed by atoms with Crippen LogP contribution in [0.3, 0.4) is 0 Å². The molecule has 0 aliphatic heterocycles. The Bertz CT molecular complexity index is 360. The van der Waals surface area contributed by atoms with Crippen molar-refractivity contribution in [3.8, 4) is 0 Å². The van der Waals surface area contributed by atoms with E-state index in [9.17, 15) is 4.79 Å².